The highest BCUT2D eigenvalue weighted by Gasteiger charge is 2.68. The first-order chi connectivity index (χ1) is 7.96. The lowest BCUT2D eigenvalue weighted by Crippen LogP contribution is -2.38. The standard InChI is InChI=1S/C15H25NO/c1-9-10(2)15-6-5-12(8-15)7-13(15)14(9,4)11(3)16-17/h9-10,12-13,17H,5-8H2,1-4H3/t9?,10?,12-,13?,14?,15-/m0/s1. The number of nitrogens with zero attached hydrogens (tertiary/aromatic N) is 1. The molecule has 3 aliphatic rings. The lowest BCUT2D eigenvalue weighted by molar-refractivity contribution is 0.140. The van der Waals surface area contributed by atoms with E-state index in [9.17, 15) is 5.21 Å². The van der Waals surface area contributed by atoms with Gasteiger partial charge in [0.05, 0.1) is 5.71 Å². The molecule has 96 valence electrons. The molecule has 3 fully saturated rings. The van der Waals surface area contributed by atoms with Gasteiger partial charge in [0.25, 0.3) is 0 Å². The van der Waals surface area contributed by atoms with Crippen LogP contribution in [0.2, 0.25) is 0 Å². The Hall–Kier alpha value is -0.530. The molecular weight excluding hydrogens is 210 g/mol. The Morgan fingerprint density at radius 1 is 1.29 bits per heavy atom. The van der Waals surface area contributed by atoms with Crippen LogP contribution in [-0.2, 0) is 0 Å². The van der Waals surface area contributed by atoms with Gasteiger partial charge in [0.2, 0.25) is 0 Å². The van der Waals surface area contributed by atoms with Crippen molar-refractivity contribution in [2.24, 2.45) is 39.7 Å². The van der Waals surface area contributed by atoms with Crippen molar-refractivity contribution in [1.82, 2.24) is 0 Å². The molecule has 0 amide bonds. The summed E-state index contributed by atoms with van der Waals surface area (Å²) in [7, 11) is 0. The highest BCUT2D eigenvalue weighted by molar-refractivity contribution is 5.88. The molecule has 1 N–H and O–H groups in total. The van der Waals surface area contributed by atoms with E-state index in [2.05, 4.69) is 25.9 Å². The molecule has 4 unspecified atom stereocenters. The van der Waals surface area contributed by atoms with Gasteiger partial charge in [-0.2, -0.15) is 0 Å². The van der Waals surface area contributed by atoms with Crippen LogP contribution in [0.4, 0.5) is 0 Å². The largest absolute Gasteiger partial charge is 0.411 e. The third kappa shape index (κ3) is 1.10. The van der Waals surface area contributed by atoms with Crippen LogP contribution in [0.1, 0.15) is 53.4 Å². The van der Waals surface area contributed by atoms with Gasteiger partial charge in [-0.3, -0.25) is 0 Å². The molecule has 0 aromatic carbocycles. The van der Waals surface area contributed by atoms with Gasteiger partial charge in [-0.05, 0) is 61.7 Å². The van der Waals surface area contributed by atoms with E-state index in [1.807, 2.05) is 6.92 Å². The first-order valence-corrected chi connectivity index (χ1v) is 7.16. The van der Waals surface area contributed by atoms with Crippen LogP contribution in [-0.4, -0.2) is 10.9 Å². The maximum absolute atomic E-state index is 9.24. The van der Waals surface area contributed by atoms with Gasteiger partial charge < -0.3 is 5.21 Å². The van der Waals surface area contributed by atoms with E-state index in [-0.39, 0.29) is 5.41 Å². The Kier molecular flexibility index (Phi) is 2.22. The Bertz CT molecular complexity index is 377. The predicted molar refractivity (Wildman–Crippen MR) is 69.2 cm³/mol. The molecule has 3 saturated carbocycles. The number of hydrogen-bond donors (Lipinski definition) is 1. The highest BCUT2D eigenvalue weighted by atomic mass is 16.4. The molecule has 0 aromatic heterocycles. The first-order valence-electron chi connectivity index (χ1n) is 7.16. The Morgan fingerprint density at radius 3 is 2.59 bits per heavy atom. The summed E-state index contributed by atoms with van der Waals surface area (Å²) in [6.07, 6.45) is 5.68. The molecule has 3 aliphatic carbocycles. The van der Waals surface area contributed by atoms with Crippen molar-refractivity contribution in [3.63, 3.8) is 0 Å². The molecule has 3 rings (SSSR count). The van der Waals surface area contributed by atoms with Gasteiger partial charge >= 0.3 is 0 Å². The first kappa shape index (κ1) is 11.6. The number of hydrogen-bond acceptors (Lipinski definition) is 2. The number of rotatable bonds is 1. The Balaban J connectivity index is 2.09. The lowest BCUT2D eigenvalue weighted by Gasteiger charge is -2.39. The summed E-state index contributed by atoms with van der Waals surface area (Å²) in [6.45, 7) is 9.19. The highest BCUT2D eigenvalue weighted by Crippen LogP contribution is 2.74. The summed E-state index contributed by atoms with van der Waals surface area (Å²) >= 11 is 0. The minimum absolute atomic E-state index is 0.128. The van der Waals surface area contributed by atoms with E-state index in [1.54, 1.807) is 0 Å². The molecule has 0 radical (unpaired) electrons. The lowest BCUT2D eigenvalue weighted by atomic mass is 9.65. The van der Waals surface area contributed by atoms with Crippen molar-refractivity contribution in [2.75, 3.05) is 0 Å². The molecule has 6 atom stereocenters. The average Bonchev–Trinajstić information content (AvgIpc) is 2.96. The molecule has 1 spiro atoms. The van der Waals surface area contributed by atoms with Gasteiger partial charge in [-0.25, -0.2) is 0 Å². The quantitative estimate of drug-likeness (QED) is 0.417. The zero-order chi connectivity index (χ0) is 12.4. The zero-order valence-electron chi connectivity index (χ0n) is 11.5. The van der Waals surface area contributed by atoms with Gasteiger partial charge in [0.15, 0.2) is 0 Å². The second-order valence-electron chi connectivity index (χ2n) is 7.18. The summed E-state index contributed by atoms with van der Waals surface area (Å²) in [5.41, 5.74) is 1.67. The minimum atomic E-state index is 0.128. The summed E-state index contributed by atoms with van der Waals surface area (Å²) in [4.78, 5) is 0. The van der Waals surface area contributed by atoms with Crippen LogP contribution in [0.25, 0.3) is 0 Å². The van der Waals surface area contributed by atoms with E-state index >= 15 is 0 Å². The minimum Gasteiger partial charge on any atom is -0.411 e. The van der Waals surface area contributed by atoms with Gasteiger partial charge in [-0.15, -0.1) is 0 Å². The fourth-order valence-electron chi connectivity index (χ4n) is 5.90. The van der Waals surface area contributed by atoms with Crippen molar-refractivity contribution in [1.29, 1.82) is 0 Å². The van der Waals surface area contributed by atoms with Crippen LogP contribution in [0.3, 0.4) is 0 Å². The summed E-state index contributed by atoms with van der Waals surface area (Å²) in [5, 5.41) is 12.8. The van der Waals surface area contributed by atoms with Gasteiger partial charge in [0, 0.05) is 5.41 Å². The molecule has 2 nitrogen and oxygen atoms in total. The van der Waals surface area contributed by atoms with Crippen molar-refractivity contribution < 1.29 is 5.21 Å². The van der Waals surface area contributed by atoms with Crippen molar-refractivity contribution in [3.05, 3.63) is 0 Å². The fourth-order valence-corrected chi connectivity index (χ4v) is 5.90. The maximum atomic E-state index is 9.24. The van der Waals surface area contributed by atoms with Crippen LogP contribution in [0.15, 0.2) is 5.16 Å². The smallest absolute Gasteiger partial charge is 0.0604 e. The zero-order valence-corrected chi connectivity index (χ0v) is 11.5. The van der Waals surface area contributed by atoms with E-state index in [1.165, 1.54) is 25.7 Å². The summed E-state index contributed by atoms with van der Waals surface area (Å²) in [5.74, 6) is 3.14. The molecular formula is C15H25NO. The predicted octanol–water partition coefficient (Wildman–Crippen LogP) is 3.94. The molecule has 0 aromatic rings. The van der Waals surface area contributed by atoms with E-state index in [4.69, 9.17) is 0 Å². The molecule has 0 aliphatic heterocycles. The number of oxime groups is 1. The topological polar surface area (TPSA) is 32.6 Å². The molecule has 2 heteroatoms. The van der Waals surface area contributed by atoms with E-state index in [0.717, 1.165) is 23.5 Å². The third-order valence-electron chi connectivity index (χ3n) is 7.21. The SMILES string of the molecule is CC(=NO)C1(C)C(C)C(C)[C@@]23CC[C@@H](CC12)C3. The molecule has 17 heavy (non-hydrogen) atoms. The van der Waals surface area contributed by atoms with Gasteiger partial charge in [-0.1, -0.05) is 25.9 Å². The molecule has 0 saturated heterocycles. The molecule has 0 heterocycles. The van der Waals surface area contributed by atoms with Crippen LogP contribution in [0.5, 0.6) is 0 Å². The van der Waals surface area contributed by atoms with Crippen molar-refractivity contribution in [3.8, 4) is 0 Å². The van der Waals surface area contributed by atoms with E-state index < -0.39 is 0 Å². The van der Waals surface area contributed by atoms with Crippen molar-refractivity contribution >= 4 is 5.71 Å². The van der Waals surface area contributed by atoms with Gasteiger partial charge in [0.1, 0.15) is 0 Å². The monoisotopic (exact) mass is 235 g/mol. The Labute approximate surface area is 104 Å². The molecule has 2 bridgehead atoms. The third-order valence-corrected chi connectivity index (χ3v) is 7.21. The normalized spacial score (nSPS) is 57.5. The summed E-state index contributed by atoms with van der Waals surface area (Å²) < 4.78 is 0. The van der Waals surface area contributed by atoms with Crippen LogP contribution < -0.4 is 0 Å². The van der Waals surface area contributed by atoms with Crippen LogP contribution >= 0.6 is 0 Å². The average molecular weight is 235 g/mol. The van der Waals surface area contributed by atoms with Crippen molar-refractivity contribution in [2.45, 2.75) is 53.4 Å². The fraction of sp³-hybridized carbons (Fsp3) is 0.933. The maximum Gasteiger partial charge on any atom is 0.0604 e. The second-order valence-corrected chi connectivity index (χ2v) is 7.18. The summed E-state index contributed by atoms with van der Waals surface area (Å²) in [6, 6.07) is 0. The van der Waals surface area contributed by atoms with Crippen LogP contribution in [0, 0.1) is 34.5 Å². The second kappa shape index (κ2) is 3.27. The number of fused-ring (bicyclic) bond motifs is 1. The Morgan fingerprint density at radius 2 is 2.00 bits per heavy atom. The van der Waals surface area contributed by atoms with E-state index in [0.29, 0.717) is 11.3 Å².